The van der Waals surface area contributed by atoms with Crippen molar-refractivity contribution in [3.8, 4) is 28.5 Å². The number of hydrogen-bond donors (Lipinski definition) is 1. The number of aliphatic imine (C=N–C) groups is 1. The molecule has 5 aromatic rings. The van der Waals surface area contributed by atoms with Gasteiger partial charge in [-0.3, -0.25) is 4.99 Å². The van der Waals surface area contributed by atoms with Gasteiger partial charge in [0, 0.05) is 49.2 Å². The summed E-state index contributed by atoms with van der Waals surface area (Å²) < 4.78 is 43.1. The molecule has 0 unspecified atom stereocenters. The first-order valence-corrected chi connectivity index (χ1v) is 14.6. The number of halogens is 2. The van der Waals surface area contributed by atoms with Crippen LogP contribution in [0, 0.1) is 30.0 Å². The van der Waals surface area contributed by atoms with Gasteiger partial charge >= 0.3 is 0 Å². The van der Waals surface area contributed by atoms with E-state index in [4.69, 9.17) is 14.5 Å². The molecular formula is C37H31F2N2O3Pt-. The molecule has 0 saturated carbocycles. The molecule has 0 bridgehead atoms. The van der Waals surface area contributed by atoms with Crippen molar-refractivity contribution in [3.63, 3.8) is 0 Å². The zero-order chi connectivity index (χ0) is 31.0. The molecule has 2 heterocycles. The molecule has 1 N–H and O–H groups in total. The van der Waals surface area contributed by atoms with Crippen LogP contribution in [0.3, 0.4) is 0 Å². The number of aryl methyl sites for hydroxylation is 1. The Morgan fingerprint density at radius 2 is 1.64 bits per heavy atom. The molecule has 8 heteroatoms. The van der Waals surface area contributed by atoms with E-state index in [1.807, 2.05) is 25.1 Å². The first kappa shape index (κ1) is 30.9. The van der Waals surface area contributed by atoms with E-state index in [9.17, 15) is 5.11 Å². The largest absolute Gasteiger partial charge is 0.511 e. The molecule has 1 aliphatic heterocycles. The number of rotatable bonds is 4. The monoisotopic (exact) mass is 784 g/mol. The Morgan fingerprint density at radius 1 is 0.911 bits per heavy atom. The third-order valence-electron chi connectivity index (χ3n) is 9.45. The second-order valence-electron chi connectivity index (χ2n) is 12.7. The van der Waals surface area contributed by atoms with E-state index < -0.39 is 22.8 Å². The van der Waals surface area contributed by atoms with Crippen LogP contribution in [0.25, 0.3) is 22.0 Å². The molecule has 0 amide bonds. The van der Waals surface area contributed by atoms with Gasteiger partial charge in [0.2, 0.25) is 5.88 Å². The van der Waals surface area contributed by atoms with Crippen LogP contribution in [-0.2, 0) is 37.8 Å². The van der Waals surface area contributed by atoms with Gasteiger partial charge in [-0.25, -0.2) is 13.8 Å². The molecule has 232 valence electrons. The van der Waals surface area contributed by atoms with E-state index >= 15 is 8.78 Å². The first-order chi connectivity index (χ1) is 20.9. The molecule has 0 fully saturated rings. The quantitative estimate of drug-likeness (QED) is 0.185. The Balaban J connectivity index is 0.00000357. The third kappa shape index (κ3) is 4.84. The zero-order valence-corrected chi connectivity index (χ0v) is 27.7. The van der Waals surface area contributed by atoms with Crippen LogP contribution < -0.4 is 4.74 Å². The Hall–Kier alpha value is -4.09. The van der Waals surface area contributed by atoms with Crippen LogP contribution in [-0.4, -0.2) is 21.6 Å². The minimum Gasteiger partial charge on any atom is -0.511 e. The number of hydrogen-bond acceptors (Lipinski definition) is 5. The Morgan fingerprint density at radius 3 is 2.40 bits per heavy atom. The summed E-state index contributed by atoms with van der Waals surface area (Å²) in [6, 6.07) is 25.4. The average molecular weight is 785 g/mol. The topological polar surface area (TPSA) is 63.9 Å². The van der Waals surface area contributed by atoms with Crippen molar-refractivity contribution >= 4 is 16.8 Å². The molecule has 0 saturated heterocycles. The fourth-order valence-electron chi connectivity index (χ4n) is 6.79. The molecule has 1 aromatic heterocycles. The average Bonchev–Trinajstić information content (AvgIpc) is 3.26. The number of benzene rings is 4. The van der Waals surface area contributed by atoms with Gasteiger partial charge in [0.15, 0.2) is 0 Å². The second-order valence-corrected chi connectivity index (χ2v) is 12.7. The van der Waals surface area contributed by atoms with E-state index in [1.165, 1.54) is 29.8 Å². The van der Waals surface area contributed by atoms with Crippen molar-refractivity contribution in [2.75, 3.05) is 0 Å². The van der Waals surface area contributed by atoms with Gasteiger partial charge in [0.1, 0.15) is 39.9 Å². The number of ether oxygens (including phenoxy) is 2. The number of phenolic OH excluding ortho intramolecular Hbond substituents is 1. The maximum absolute atomic E-state index is 15.1. The van der Waals surface area contributed by atoms with Crippen LogP contribution in [0.1, 0.15) is 49.9 Å². The van der Waals surface area contributed by atoms with Gasteiger partial charge < -0.3 is 14.6 Å². The van der Waals surface area contributed by atoms with E-state index in [2.05, 4.69) is 50.9 Å². The smallest absolute Gasteiger partial charge is 0.217 e. The van der Waals surface area contributed by atoms with Gasteiger partial charge in [-0.05, 0) is 74.2 Å². The maximum atomic E-state index is 15.1. The fraction of sp³-hybridized carbons (Fsp3) is 0.243. The van der Waals surface area contributed by atoms with Crippen LogP contribution in [0.5, 0.6) is 17.4 Å². The minimum atomic E-state index is -0.732. The van der Waals surface area contributed by atoms with Crippen molar-refractivity contribution in [2.45, 2.75) is 52.2 Å². The van der Waals surface area contributed by atoms with Crippen molar-refractivity contribution in [1.29, 1.82) is 0 Å². The summed E-state index contributed by atoms with van der Waals surface area (Å²) in [6.07, 6.45) is 0.802. The number of aromatic hydroxyl groups is 1. The molecule has 4 aromatic carbocycles. The van der Waals surface area contributed by atoms with Gasteiger partial charge in [0.05, 0.1) is 0 Å². The summed E-state index contributed by atoms with van der Waals surface area (Å²) in [4.78, 5) is 9.68. The normalized spacial score (nSPS) is 21.3. The Bertz CT molecular complexity index is 2010. The maximum Gasteiger partial charge on any atom is 0.217 e. The van der Waals surface area contributed by atoms with Crippen LogP contribution in [0.15, 0.2) is 83.9 Å². The summed E-state index contributed by atoms with van der Waals surface area (Å²) in [7, 11) is 0. The molecule has 2 atom stereocenters. The predicted octanol–water partition coefficient (Wildman–Crippen LogP) is 8.82. The molecule has 45 heavy (non-hydrogen) atoms. The van der Waals surface area contributed by atoms with Crippen molar-refractivity contribution in [1.82, 2.24) is 4.98 Å². The number of fused-ring (bicyclic) bond motifs is 4. The Labute approximate surface area is 275 Å². The van der Waals surface area contributed by atoms with E-state index in [0.717, 1.165) is 22.9 Å². The zero-order valence-electron chi connectivity index (χ0n) is 25.4. The van der Waals surface area contributed by atoms with E-state index in [0.29, 0.717) is 17.0 Å². The van der Waals surface area contributed by atoms with Gasteiger partial charge in [0.25, 0.3) is 0 Å². The minimum absolute atomic E-state index is 0. The van der Waals surface area contributed by atoms with Crippen molar-refractivity contribution < 1.29 is 44.4 Å². The van der Waals surface area contributed by atoms with Crippen LogP contribution in [0.4, 0.5) is 8.78 Å². The van der Waals surface area contributed by atoms with Crippen molar-refractivity contribution in [2.24, 2.45) is 10.4 Å². The fourth-order valence-corrected chi connectivity index (χ4v) is 6.79. The summed E-state index contributed by atoms with van der Waals surface area (Å²) >= 11 is 0. The Kier molecular flexibility index (Phi) is 7.40. The molecule has 0 spiro atoms. The van der Waals surface area contributed by atoms with E-state index in [1.54, 1.807) is 24.3 Å². The van der Waals surface area contributed by atoms with Crippen LogP contribution >= 0.6 is 0 Å². The molecule has 2 aliphatic rings. The summed E-state index contributed by atoms with van der Waals surface area (Å²) in [6.45, 7) is 10.4. The molecule has 7 rings (SSSR count). The molecule has 0 radical (unpaired) electrons. The number of phenols is 1. The number of aromatic nitrogens is 1. The third-order valence-corrected chi connectivity index (χ3v) is 9.45. The van der Waals surface area contributed by atoms with Gasteiger partial charge in [-0.15, -0.1) is 6.07 Å². The van der Waals surface area contributed by atoms with Crippen molar-refractivity contribution in [3.05, 3.63) is 119 Å². The molecule has 5 nitrogen and oxygen atoms in total. The van der Waals surface area contributed by atoms with E-state index in [-0.39, 0.29) is 55.0 Å². The van der Waals surface area contributed by atoms with Gasteiger partial charge in [-0.2, -0.15) is 0 Å². The summed E-state index contributed by atoms with van der Waals surface area (Å²) in [5.41, 5.74) is 2.23. The SMILES string of the molecule is Cc1cc(O)c2nc(Oc3[c-]c(C4=N[C@@]5(C)c6ccccc6CC(C)(C)[C@@]5(C)O4)cc(-c4c(F)cccc4F)c3)ccc2c1.[Pt]. The first-order valence-electron chi connectivity index (χ1n) is 14.6. The van der Waals surface area contributed by atoms with Gasteiger partial charge in [-0.1, -0.05) is 67.4 Å². The number of pyridine rings is 1. The number of nitrogens with zero attached hydrogens (tertiary/aromatic N) is 2. The molecule has 1 aliphatic carbocycles. The second kappa shape index (κ2) is 10.8. The summed E-state index contributed by atoms with van der Waals surface area (Å²) in [5.74, 6) is -0.749. The predicted molar refractivity (Wildman–Crippen MR) is 166 cm³/mol. The van der Waals surface area contributed by atoms with Crippen LogP contribution in [0.2, 0.25) is 0 Å². The molecular weight excluding hydrogens is 753 g/mol. The summed E-state index contributed by atoms with van der Waals surface area (Å²) in [5, 5.41) is 11.3. The standard InChI is InChI=1S/C37H31F2N2O3.Pt/c1-21-15-22-13-14-31(40-33(22)30(42)16-21)43-26-18-24(32-28(38)11-8-12-29(32)39)17-25(19-26)34-41-36(4)27-10-7-6-9-23(27)20-35(2,3)37(36,5)44-34;/h6-18,42H,20H2,1-5H3;/q-1;/t36-,37+;/m0./s1.